The average molecular weight is 199 g/mol. The van der Waals surface area contributed by atoms with Crippen LogP contribution in [0.3, 0.4) is 0 Å². The fraction of sp³-hybridized carbons (Fsp3) is 0.727. The Bertz CT molecular complexity index is 180. The lowest BCUT2D eigenvalue weighted by Gasteiger charge is -2.08. The monoisotopic (exact) mass is 199 g/mol. The molecule has 3 nitrogen and oxygen atoms in total. The summed E-state index contributed by atoms with van der Waals surface area (Å²) in [7, 11) is 2.01. The standard InChI is InChI=1S/C9H15NO2.C2H6/c1-3-6-12-9(11)8-4-5-10(2)7-8;1-2/h3,8H,1,4-7H2,2H3;1-2H3. The van der Waals surface area contributed by atoms with E-state index in [1.165, 1.54) is 0 Å². The molecule has 0 spiro atoms. The molecule has 82 valence electrons. The molecule has 0 amide bonds. The summed E-state index contributed by atoms with van der Waals surface area (Å²) < 4.78 is 4.94. The molecule has 0 radical (unpaired) electrons. The quantitative estimate of drug-likeness (QED) is 0.512. The molecule has 3 heteroatoms. The second kappa shape index (κ2) is 7.56. The van der Waals surface area contributed by atoms with Gasteiger partial charge in [0, 0.05) is 6.54 Å². The molecule has 0 aliphatic carbocycles. The van der Waals surface area contributed by atoms with Crippen molar-refractivity contribution in [1.82, 2.24) is 4.90 Å². The molecule has 0 aromatic carbocycles. The van der Waals surface area contributed by atoms with Crippen molar-refractivity contribution in [2.45, 2.75) is 20.3 Å². The fourth-order valence-corrected chi connectivity index (χ4v) is 1.39. The molecule has 1 saturated heterocycles. The van der Waals surface area contributed by atoms with E-state index < -0.39 is 0 Å². The van der Waals surface area contributed by atoms with Gasteiger partial charge < -0.3 is 9.64 Å². The lowest BCUT2D eigenvalue weighted by atomic mass is 10.1. The average Bonchev–Trinajstić information content (AvgIpc) is 2.64. The zero-order chi connectivity index (χ0) is 11.0. The zero-order valence-corrected chi connectivity index (χ0v) is 9.45. The highest BCUT2D eigenvalue weighted by atomic mass is 16.5. The van der Waals surface area contributed by atoms with Gasteiger partial charge in [0.25, 0.3) is 0 Å². The van der Waals surface area contributed by atoms with E-state index in [9.17, 15) is 4.79 Å². The largest absolute Gasteiger partial charge is 0.461 e. The topological polar surface area (TPSA) is 29.5 Å². The summed E-state index contributed by atoms with van der Waals surface area (Å²) in [6.45, 7) is 9.64. The Balaban J connectivity index is 0.000000791. The highest BCUT2D eigenvalue weighted by Crippen LogP contribution is 2.15. The van der Waals surface area contributed by atoms with Crippen molar-refractivity contribution in [3.63, 3.8) is 0 Å². The summed E-state index contributed by atoms with van der Waals surface area (Å²) >= 11 is 0. The third-order valence-corrected chi connectivity index (χ3v) is 2.07. The molecule has 0 aromatic rings. The van der Waals surface area contributed by atoms with Crippen molar-refractivity contribution in [2.24, 2.45) is 5.92 Å². The predicted octanol–water partition coefficient (Wildman–Crippen LogP) is 1.69. The minimum atomic E-state index is -0.0840. The van der Waals surface area contributed by atoms with Crippen molar-refractivity contribution in [3.8, 4) is 0 Å². The number of hydrogen-bond acceptors (Lipinski definition) is 3. The van der Waals surface area contributed by atoms with Gasteiger partial charge in [0.2, 0.25) is 0 Å². The van der Waals surface area contributed by atoms with E-state index in [0.29, 0.717) is 6.61 Å². The number of nitrogens with zero attached hydrogens (tertiary/aromatic N) is 1. The molecule has 1 fully saturated rings. The molecule has 1 unspecified atom stereocenters. The predicted molar refractivity (Wildman–Crippen MR) is 58.1 cm³/mol. The normalized spacial score (nSPS) is 20.9. The molecule has 1 rings (SSSR count). The maximum absolute atomic E-state index is 11.3. The van der Waals surface area contributed by atoms with Crippen LogP contribution in [0.4, 0.5) is 0 Å². The third-order valence-electron chi connectivity index (χ3n) is 2.07. The van der Waals surface area contributed by atoms with E-state index >= 15 is 0 Å². The third kappa shape index (κ3) is 4.42. The number of esters is 1. The van der Waals surface area contributed by atoms with Crippen LogP contribution in [0.25, 0.3) is 0 Å². The van der Waals surface area contributed by atoms with Gasteiger partial charge in [-0.25, -0.2) is 0 Å². The number of ether oxygens (including phenoxy) is 1. The summed E-state index contributed by atoms with van der Waals surface area (Å²) in [5.74, 6) is -0.00537. The van der Waals surface area contributed by atoms with Gasteiger partial charge in [-0.15, -0.1) is 0 Å². The van der Waals surface area contributed by atoms with Crippen LogP contribution < -0.4 is 0 Å². The number of carbonyl (C=O) groups excluding carboxylic acids is 1. The van der Waals surface area contributed by atoms with Crippen molar-refractivity contribution in [3.05, 3.63) is 12.7 Å². The van der Waals surface area contributed by atoms with Crippen LogP contribution >= 0.6 is 0 Å². The molecule has 1 heterocycles. The highest BCUT2D eigenvalue weighted by molar-refractivity contribution is 5.73. The van der Waals surface area contributed by atoms with E-state index in [0.717, 1.165) is 19.5 Å². The summed E-state index contributed by atoms with van der Waals surface area (Å²) in [5.41, 5.74) is 0. The Hall–Kier alpha value is -0.830. The first-order valence-corrected chi connectivity index (χ1v) is 5.20. The summed E-state index contributed by atoms with van der Waals surface area (Å²) in [6.07, 6.45) is 2.52. The maximum atomic E-state index is 11.3. The molecule has 0 N–H and O–H groups in total. The molecule has 0 aromatic heterocycles. The first-order chi connectivity index (χ1) is 6.74. The summed E-state index contributed by atoms with van der Waals surface area (Å²) in [5, 5.41) is 0. The minimum Gasteiger partial charge on any atom is -0.461 e. The fourth-order valence-electron chi connectivity index (χ4n) is 1.39. The van der Waals surface area contributed by atoms with Crippen LogP contribution in [0, 0.1) is 5.92 Å². The van der Waals surface area contributed by atoms with Crippen LogP contribution in [0.5, 0.6) is 0 Å². The highest BCUT2D eigenvalue weighted by Gasteiger charge is 2.26. The van der Waals surface area contributed by atoms with Crippen LogP contribution in [-0.4, -0.2) is 37.6 Å². The van der Waals surface area contributed by atoms with Crippen molar-refractivity contribution < 1.29 is 9.53 Å². The van der Waals surface area contributed by atoms with Gasteiger partial charge in [0.15, 0.2) is 0 Å². The second-order valence-corrected chi connectivity index (χ2v) is 3.17. The molecule has 0 bridgehead atoms. The van der Waals surface area contributed by atoms with Crippen LogP contribution in [0.1, 0.15) is 20.3 Å². The Kier molecular flexibility index (Phi) is 7.11. The second-order valence-electron chi connectivity index (χ2n) is 3.17. The molecule has 14 heavy (non-hydrogen) atoms. The van der Waals surface area contributed by atoms with E-state index in [2.05, 4.69) is 11.5 Å². The number of hydrogen-bond donors (Lipinski definition) is 0. The van der Waals surface area contributed by atoms with Crippen molar-refractivity contribution in [2.75, 3.05) is 26.7 Å². The van der Waals surface area contributed by atoms with Gasteiger partial charge in [0.05, 0.1) is 5.92 Å². The van der Waals surface area contributed by atoms with Crippen LogP contribution in [0.15, 0.2) is 12.7 Å². The first kappa shape index (κ1) is 13.2. The van der Waals surface area contributed by atoms with Crippen LogP contribution in [0.2, 0.25) is 0 Å². The Morgan fingerprint density at radius 3 is 2.71 bits per heavy atom. The van der Waals surface area contributed by atoms with Gasteiger partial charge in [-0.3, -0.25) is 4.79 Å². The smallest absolute Gasteiger partial charge is 0.310 e. The Morgan fingerprint density at radius 2 is 2.29 bits per heavy atom. The molecule has 1 aliphatic rings. The van der Waals surface area contributed by atoms with Gasteiger partial charge in [0.1, 0.15) is 6.61 Å². The van der Waals surface area contributed by atoms with Crippen LogP contribution in [-0.2, 0) is 9.53 Å². The van der Waals surface area contributed by atoms with Crippen molar-refractivity contribution in [1.29, 1.82) is 0 Å². The van der Waals surface area contributed by atoms with E-state index in [-0.39, 0.29) is 11.9 Å². The number of rotatable bonds is 3. The number of likely N-dealkylation sites (tertiary alicyclic amines) is 1. The van der Waals surface area contributed by atoms with E-state index in [1.807, 2.05) is 20.9 Å². The van der Waals surface area contributed by atoms with E-state index in [1.54, 1.807) is 6.08 Å². The van der Waals surface area contributed by atoms with Gasteiger partial charge in [-0.2, -0.15) is 0 Å². The van der Waals surface area contributed by atoms with Gasteiger partial charge >= 0.3 is 5.97 Å². The summed E-state index contributed by atoms with van der Waals surface area (Å²) in [4.78, 5) is 13.4. The molecule has 1 atom stereocenters. The van der Waals surface area contributed by atoms with Crippen molar-refractivity contribution >= 4 is 5.97 Å². The lowest BCUT2D eigenvalue weighted by molar-refractivity contribution is -0.146. The Morgan fingerprint density at radius 1 is 1.64 bits per heavy atom. The SMILES string of the molecule is C=CCOC(=O)C1CCN(C)C1.CC. The van der Waals surface area contributed by atoms with E-state index in [4.69, 9.17) is 4.74 Å². The first-order valence-electron chi connectivity index (χ1n) is 5.20. The zero-order valence-electron chi connectivity index (χ0n) is 9.45. The molecular formula is C11H21NO2. The molecular weight excluding hydrogens is 178 g/mol. The molecule has 0 saturated carbocycles. The Labute approximate surface area is 86.7 Å². The summed E-state index contributed by atoms with van der Waals surface area (Å²) in [6, 6.07) is 0. The maximum Gasteiger partial charge on any atom is 0.310 e. The number of carbonyl (C=O) groups is 1. The lowest BCUT2D eigenvalue weighted by Crippen LogP contribution is -2.21. The van der Waals surface area contributed by atoms with Gasteiger partial charge in [-0.05, 0) is 20.0 Å². The molecule has 1 aliphatic heterocycles. The minimum absolute atomic E-state index is 0.0787. The van der Waals surface area contributed by atoms with Gasteiger partial charge in [-0.1, -0.05) is 26.5 Å².